The molecule has 1 aliphatic carbocycles. The predicted molar refractivity (Wildman–Crippen MR) is 96.3 cm³/mol. The number of ether oxygens (including phenoxy) is 1. The van der Waals surface area contributed by atoms with Crippen LogP contribution in [0.4, 0.5) is 0 Å². The van der Waals surface area contributed by atoms with Crippen molar-refractivity contribution in [3.63, 3.8) is 0 Å². The number of carbonyl (C=O) groups excluding carboxylic acids is 1. The summed E-state index contributed by atoms with van der Waals surface area (Å²) < 4.78 is 5.59. The summed E-state index contributed by atoms with van der Waals surface area (Å²) in [5.41, 5.74) is 2.55. The maximum absolute atomic E-state index is 12.2. The number of aryl methyl sites for hydroxylation is 1. The van der Waals surface area contributed by atoms with Gasteiger partial charge in [-0.25, -0.2) is 0 Å². The molecule has 24 heavy (non-hydrogen) atoms. The van der Waals surface area contributed by atoms with E-state index >= 15 is 0 Å². The first kappa shape index (κ1) is 16.6. The van der Waals surface area contributed by atoms with Crippen molar-refractivity contribution in [1.29, 1.82) is 0 Å². The monoisotopic (exact) mass is 323 g/mol. The Kier molecular flexibility index (Phi) is 5.19. The number of rotatable bonds is 6. The fourth-order valence-corrected chi connectivity index (χ4v) is 3.58. The molecule has 1 N–H and O–H groups in total. The second-order valence-corrected chi connectivity index (χ2v) is 6.74. The Morgan fingerprint density at radius 2 is 1.83 bits per heavy atom. The molecule has 0 aromatic heterocycles. The first-order valence-electron chi connectivity index (χ1n) is 8.70. The van der Waals surface area contributed by atoms with Crippen LogP contribution < -0.4 is 10.1 Å². The van der Waals surface area contributed by atoms with E-state index < -0.39 is 0 Å². The lowest BCUT2D eigenvalue weighted by Crippen LogP contribution is -2.40. The third-order valence-corrected chi connectivity index (χ3v) is 4.93. The molecular formula is C21H25NO2. The maximum atomic E-state index is 12.2. The first-order chi connectivity index (χ1) is 11.7. The van der Waals surface area contributed by atoms with Crippen LogP contribution in [0.5, 0.6) is 5.75 Å². The van der Waals surface area contributed by atoms with Gasteiger partial charge in [0.15, 0.2) is 6.61 Å². The fourth-order valence-electron chi connectivity index (χ4n) is 3.58. The highest BCUT2D eigenvalue weighted by atomic mass is 16.5. The molecule has 3 rings (SSSR count). The summed E-state index contributed by atoms with van der Waals surface area (Å²) in [6.45, 7) is 2.76. The second-order valence-electron chi connectivity index (χ2n) is 6.74. The summed E-state index contributed by atoms with van der Waals surface area (Å²) >= 11 is 0. The van der Waals surface area contributed by atoms with E-state index in [4.69, 9.17) is 4.74 Å². The molecule has 1 fully saturated rings. The first-order valence-corrected chi connectivity index (χ1v) is 8.70. The largest absolute Gasteiger partial charge is 0.484 e. The minimum Gasteiger partial charge on any atom is -0.484 e. The average Bonchev–Trinajstić information content (AvgIpc) is 3.09. The molecule has 1 aliphatic rings. The summed E-state index contributed by atoms with van der Waals surface area (Å²) in [5.74, 6) is 0.683. The van der Waals surface area contributed by atoms with Crippen LogP contribution in [-0.2, 0) is 10.2 Å². The van der Waals surface area contributed by atoms with Crippen molar-refractivity contribution >= 4 is 5.91 Å². The highest BCUT2D eigenvalue weighted by Crippen LogP contribution is 2.40. The van der Waals surface area contributed by atoms with Crippen molar-refractivity contribution in [3.8, 4) is 5.75 Å². The predicted octanol–water partition coefficient (Wildman–Crippen LogP) is 4.00. The Balaban J connectivity index is 1.56. The smallest absolute Gasteiger partial charge is 0.257 e. The van der Waals surface area contributed by atoms with E-state index in [1.807, 2.05) is 37.3 Å². The zero-order valence-electron chi connectivity index (χ0n) is 14.3. The van der Waals surface area contributed by atoms with Crippen molar-refractivity contribution in [3.05, 3.63) is 65.7 Å². The molecule has 0 radical (unpaired) electrons. The van der Waals surface area contributed by atoms with E-state index in [1.54, 1.807) is 0 Å². The molecule has 0 heterocycles. The van der Waals surface area contributed by atoms with Gasteiger partial charge in [-0.3, -0.25) is 4.79 Å². The molecule has 0 bridgehead atoms. The summed E-state index contributed by atoms with van der Waals surface area (Å²) in [6, 6.07) is 18.3. The Labute approximate surface area is 144 Å². The summed E-state index contributed by atoms with van der Waals surface area (Å²) in [5, 5.41) is 3.08. The minimum absolute atomic E-state index is 0.0567. The van der Waals surface area contributed by atoms with Gasteiger partial charge in [-0.1, -0.05) is 55.3 Å². The van der Waals surface area contributed by atoms with Crippen LogP contribution in [-0.4, -0.2) is 19.1 Å². The van der Waals surface area contributed by atoms with Gasteiger partial charge >= 0.3 is 0 Å². The molecule has 1 saturated carbocycles. The average molecular weight is 323 g/mol. The lowest BCUT2D eigenvalue weighted by atomic mass is 9.79. The van der Waals surface area contributed by atoms with E-state index in [9.17, 15) is 4.79 Å². The van der Waals surface area contributed by atoms with Gasteiger partial charge < -0.3 is 10.1 Å². The number of nitrogens with one attached hydrogen (secondary N) is 1. The van der Waals surface area contributed by atoms with Gasteiger partial charge in [0, 0.05) is 12.0 Å². The number of benzene rings is 2. The van der Waals surface area contributed by atoms with Crippen molar-refractivity contribution in [2.75, 3.05) is 13.2 Å². The molecule has 0 atom stereocenters. The van der Waals surface area contributed by atoms with Crippen molar-refractivity contribution in [1.82, 2.24) is 5.32 Å². The Bertz CT molecular complexity index is 675. The molecule has 0 unspecified atom stereocenters. The third-order valence-electron chi connectivity index (χ3n) is 4.93. The fraction of sp³-hybridized carbons (Fsp3) is 0.381. The second kappa shape index (κ2) is 7.52. The lowest BCUT2D eigenvalue weighted by Gasteiger charge is -2.30. The Morgan fingerprint density at radius 1 is 1.08 bits per heavy atom. The van der Waals surface area contributed by atoms with Crippen LogP contribution in [0.15, 0.2) is 54.6 Å². The molecule has 3 heteroatoms. The summed E-state index contributed by atoms with van der Waals surface area (Å²) in [7, 11) is 0. The highest BCUT2D eigenvalue weighted by Gasteiger charge is 2.35. The van der Waals surface area contributed by atoms with Crippen LogP contribution in [0.25, 0.3) is 0 Å². The van der Waals surface area contributed by atoms with E-state index in [-0.39, 0.29) is 17.9 Å². The van der Waals surface area contributed by atoms with Gasteiger partial charge in [0.05, 0.1) is 0 Å². The molecule has 2 aromatic rings. The van der Waals surface area contributed by atoms with Crippen molar-refractivity contribution in [2.45, 2.75) is 38.0 Å². The zero-order valence-corrected chi connectivity index (χ0v) is 14.3. The molecular weight excluding hydrogens is 298 g/mol. The lowest BCUT2D eigenvalue weighted by molar-refractivity contribution is -0.123. The summed E-state index contributed by atoms with van der Waals surface area (Å²) in [6.07, 6.45) is 4.72. The molecule has 2 aromatic carbocycles. The molecule has 1 amide bonds. The van der Waals surface area contributed by atoms with E-state index in [1.165, 1.54) is 18.4 Å². The molecule has 0 saturated heterocycles. The van der Waals surface area contributed by atoms with Gasteiger partial charge in [0.25, 0.3) is 5.91 Å². The Hall–Kier alpha value is -2.29. The van der Waals surface area contributed by atoms with Crippen LogP contribution in [0, 0.1) is 6.92 Å². The topological polar surface area (TPSA) is 38.3 Å². The van der Waals surface area contributed by atoms with Crippen molar-refractivity contribution < 1.29 is 9.53 Å². The quantitative estimate of drug-likeness (QED) is 0.872. The third kappa shape index (κ3) is 3.97. The van der Waals surface area contributed by atoms with Crippen LogP contribution in [0.1, 0.15) is 36.8 Å². The van der Waals surface area contributed by atoms with Crippen LogP contribution in [0.3, 0.4) is 0 Å². The normalized spacial score (nSPS) is 15.9. The van der Waals surface area contributed by atoms with Crippen LogP contribution in [0.2, 0.25) is 0 Å². The van der Waals surface area contributed by atoms with E-state index in [0.717, 1.165) is 24.2 Å². The molecule has 0 spiro atoms. The van der Waals surface area contributed by atoms with Gasteiger partial charge in [-0.05, 0) is 43.0 Å². The minimum atomic E-state index is -0.0567. The number of amides is 1. The van der Waals surface area contributed by atoms with Gasteiger partial charge in [0.2, 0.25) is 0 Å². The number of hydrogen-bond acceptors (Lipinski definition) is 2. The molecule has 126 valence electrons. The van der Waals surface area contributed by atoms with Crippen molar-refractivity contribution in [2.24, 2.45) is 0 Å². The SMILES string of the molecule is Cc1cccc(OCC(=O)NCC2(c3ccccc3)CCCC2)c1. The summed E-state index contributed by atoms with van der Waals surface area (Å²) in [4.78, 5) is 12.2. The molecule has 0 aliphatic heterocycles. The van der Waals surface area contributed by atoms with Crippen LogP contribution >= 0.6 is 0 Å². The number of carbonyl (C=O) groups is 1. The highest BCUT2D eigenvalue weighted by molar-refractivity contribution is 5.77. The zero-order chi connectivity index (χ0) is 16.8. The number of hydrogen-bond donors (Lipinski definition) is 1. The van der Waals surface area contributed by atoms with E-state index in [0.29, 0.717) is 6.54 Å². The van der Waals surface area contributed by atoms with E-state index in [2.05, 4.69) is 29.6 Å². The van der Waals surface area contributed by atoms with Gasteiger partial charge in [-0.2, -0.15) is 0 Å². The molecule has 3 nitrogen and oxygen atoms in total. The standard InChI is InChI=1S/C21H25NO2/c1-17-8-7-11-19(14-17)24-15-20(23)22-16-21(12-5-6-13-21)18-9-3-2-4-10-18/h2-4,7-11,14H,5-6,12-13,15-16H2,1H3,(H,22,23). The van der Waals surface area contributed by atoms with Gasteiger partial charge in [-0.15, -0.1) is 0 Å². The van der Waals surface area contributed by atoms with Gasteiger partial charge in [0.1, 0.15) is 5.75 Å². The maximum Gasteiger partial charge on any atom is 0.257 e. The Morgan fingerprint density at radius 3 is 2.54 bits per heavy atom.